The molecule has 25 heavy (non-hydrogen) atoms. The van der Waals surface area contributed by atoms with Crippen molar-refractivity contribution in [1.29, 1.82) is 0 Å². The van der Waals surface area contributed by atoms with Gasteiger partial charge in [-0.15, -0.1) is 0 Å². The summed E-state index contributed by atoms with van der Waals surface area (Å²) < 4.78 is 0.971. The largest absolute Gasteiger partial charge is 0.273 e. The molecule has 0 aliphatic heterocycles. The number of nitrogens with one attached hydrogen (secondary N) is 1. The Labute approximate surface area is 161 Å². The van der Waals surface area contributed by atoms with Crippen LogP contribution in [-0.4, -0.2) is 12.1 Å². The van der Waals surface area contributed by atoms with Gasteiger partial charge in [-0.1, -0.05) is 105 Å². The van der Waals surface area contributed by atoms with Crippen molar-refractivity contribution in [3.63, 3.8) is 0 Å². The summed E-state index contributed by atoms with van der Waals surface area (Å²) in [5, 5.41) is 4.02. The Morgan fingerprint density at radius 2 is 1.52 bits per heavy atom. The minimum absolute atomic E-state index is 0.000715. The Balaban J connectivity index is 1.94. The Kier molecular flexibility index (Phi) is 13.2. The zero-order chi connectivity index (χ0) is 18.2. The molecule has 0 atom stereocenters. The first-order chi connectivity index (χ1) is 12.2. The van der Waals surface area contributed by atoms with E-state index in [1.807, 2.05) is 24.3 Å². The molecule has 0 aliphatic carbocycles. The van der Waals surface area contributed by atoms with Gasteiger partial charge in [-0.25, -0.2) is 5.43 Å². The topological polar surface area (TPSA) is 41.5 Å². The third kappa shape index (κ3) is 11.9. The van der Waals surface area contributed by atoms with Crippen LogP contribution in [0.3, 0.4) is 0 Å². The van der Waals surface area contributed by atoms with E-state index in [1.54, 1.807) is 6.21 Å². The molecule has 1 rings (SSSR count). The van der Waals surface area contributed by atoms with Crippen LogP contribution in [0.5, 0.6) is 0 Å². The van der Waals surface area contributed by atoms with Crippen LogP contribution in [0.1, 0.15) is 89.5 Å². The van der Waals surface area contributed by atoms with Crippen molar-refractivity contribution >= 4 is 28.1 Å². The van der Waals surface area contributed by atoms with Crippen molar-refractivity contribution in [1.82, 2.24) is 5.43 Å². The minimum atomic E-state index is -0.000715. The second kappa shape index (κ2) is 15.1. The Morgan fingerprint density at radius 3 is 2.12 bits per heavy atom. The molecule has 0 saturated carbocycles. The second-order valence-corrected chi connectivity index (χ2v) is 7.45. The molecule has 0 aliphatic rings. The molecule has 0 unspecified atom stereocenters. The molecule has 4 heteroatoms. The highest BCUT2D eigenvalue weighted by molar-refractivity contribution is 9.10. The molecule has 3 nitrogen and oxygen atoms in total. The first-order valence-electron chi connectivity index (χ1n) is 9.80. The monoisotopic (exact) mass is 408 g/mol. The summed E-state index contributed by atoms with van der Waals surface area (Å²) in [5.41, 5.74) is 3.56. The molecule has 1 aromatic rings. The van der Waals surface area contributed by atoms with Crippen LogP contribution in [0.4, 0.5) is 0 Å². The van der Waals surface area contributed by atoms with E-state index in [0.29, 0.717) is 6.42 Å². The summed E-state index contributed by atoms with van der Waals surface area (Å²) >= 11 is 3.45. The van der Waals surface area contributed by atoms with E-state index in [-0.39, 0.29) is 5.91 Å². The van der Waals surface area contributed by atoms with Crippen LogP contribution < -0.4 is 5.43 Å². The molecule has 140 valence electrons. The van der Waals surface area contributed by atoms with Crippen molar-refractivity contribution in [3.05, 3.63) is 34.3 Å². The summed E-state index contributed by atoms with van der Waals surface area (Å²) in [6.45, 7) is 2.26. The van der Waals surface area contributed by atoms with E-state index in [9.17, 15) is 4.79 Å². The van der Waals surface area contributed by atoms with E-state index in [4.69, 9.17) is 0 Å². The molecule has 0 spiro atoms. The maximum absolute atomic E-state index is 11.7. The fraction of sp³-hybridized carbons (Fsp3) is 0.619. The molecular weight excluding hydrogens is 376 g/mol. The number of unbranched alkanes of at least 4 members (excludes halogenated alkanes) is 10. The molecule has 1 aromatic carbocycles. The van der Waals surface area contributed by atoms with Crippen LogP contribution in [0.2, 0.25) is 0 Å². The van der Waals surface area contributed by atoms with E-state index >= 15 is 0 Å². The molecule has 0 heterocycles. The molecule has 0 radical (unpaired) electrons. The van der Waals surface area contributed by atoms with Crippen LogP contribution in [0.25, 0.3) is 0 Å². The first kappa shape index (κ1) is 21.9. The Bertz CT molecular complexity index is 502. The quantitative estimate of drug-likeness (QED) is 0.210. The van der Waals surface area contributed by atoms with Gasteiger partial charge in [-0.2, -0.15) is 5.10 Å². The zero-order valence-electron chi connectivity index (χ0n) is 15.6. The van der Waals surface area contributed by atoms with E-state index in [0.717, 1.165) is 22.9 Å². The van der Waals surface area contributed by atoms with Gasteiger partial charge in [0.2, 0.25) is 5.91 Å². The average molecular weight is 409 g/mol. The maximum atomic E-state index is 11.7. The van der Waals surface area contributed by atoms with Crippen LogP contribution >= 0.6 is 15.9 Å². The van der Waals surface area contributed by atoms with Crippen LogP contribution in [0, 0.1) is 0 Å². The van der Waals surface area contributed by atoms with Gasteiger partial charge in [-0.05, 0) is 12.5 Å². The minimum Gasteiger partial charge on any atom is -0.273 e. The smallest absolute Gasteiger partial charge is 0.240 e. The van der Waals surface area contributed by atoms with Crippen molar-refractivity contribution in [2.24, 2.45) is 5.10 Å². The normalized spacial score (nSPS) is 11.1. The highest BCUT2D eigenvalue weighted by atomic mass is 79.9. The van der Waals surface area contributed by atoms with Gasteiger partial charge in [0.1, 0.15) is 0 Å². The number of nitrogens with zero attached hydrogens (tertiary/aromatic N) is 1. The van der Waals surface area contributed by atoms with Crippen molar-refractivity contribution in [2.75, 3.05) is 0 Å². The second-order valence-electron chi connectivity index (χ2n) is 6.60. The SMILES string of the molecule is CCCCCCCCCCCCCC(=O)N/N=C/c1ccccc1Br. The third-order valence-electron chi connectivity index (χ3n) is 4.31. The summed E-state index contributed by atoms with van der Waals surface area (Å²) in [5.74, 6) is -0.000715. The number of hydrogen-bond acceptors (Lipinski definition) is 2. The van der Waals surface area contributed by atoms with Gasteiger partial charge in [0.05, 0.1) is 6.21 Å². The van der Waals surface area contributed by atoms with E-state index in [1.165, 1.54) is 57.8 Å². The van der Waals surface area contributed by atoms with Crippen molar-refractivity contribution < 1.29 is 4.79 Å². The lowest BCUT2D eigenvalue weighted by Gasteiger charge is -2.03. The van der Waals surface area contributed by atoms with Gasteiger partial charge < -0.3 is 0 Å². The number of rotatable bonds is 14. The van der Waals surface area contributed by atoms with Gasteiger partial charge in [0.15, 0.2) is 0 Å². The number of hydrazone groups is 1. The fourth-order valence-corrected chi connectivity index (χ4v) is 3.15. The maximum Gasteiger partial charge on any atom is 0.240 e. The molecule has 0 aromatic heterocycles. The molecule has 0 saturated heterocycles. The number of benzene rings is 1. The van der Waals surface area contributed by atoms with Crippen molar-refractivity contribution in [2.45, 2.75) is 84.0 Å². The predicted molar refractivity (Wildman–Crippen MR) is 111 cm³/mol. The van der Waals surface area contributed by atoms with Crippen molar-refractivity contribution in [3.8, 4) is 0 Å². The predicted octanol–water partition coefficient (Wildman–Crippen LogP) is 6.60. The lowest BCUT2D eigenvalue weighted by atomic mass is 10.1. The van der Waals surface area contributed by atoms with Gasteiger partial charge >= 0.3 is 0 Å². The number of amides is 1. The van der Waals surface area contributed by atoms with E-state index < -0.39 is 0 Å². The molecule has 1 amide bonds. The van der Waals surface area contributed by atoms with Crippen LogP contribution in [-0.2, 0) is 4.79 Å². The molecule has 0 fully saturated rings. The summed E-state index contributed by atoms with van der Waals surface area (Å²) in [7, 11) is 0. The lowest BCUT2D eigenvalue weighted by molar-refractivity contribution is -0.121. The van der Waals surface area contributed by atoms with Gasteiger partial charge in [-0.3, -0.25) is 4.79 Å². The third-order valence-corrected chi connectivity index (χ3v) is 5.03. The summed E-state index contributed by atoms with van der Waals surface area (Å²) in [6, 6.07) is 7.80. The number of hydrogen-bond donors (Lipinski definition) is 1. The highest BCUT2D eigenvalue weighted by Crippen LogP contribution is 2.13. The standard InChI is InChI=1S/C21H33BrN2O/c1-2-3-4-5-6-7-8-9-10-11-12-17-21(25)24-23-18-19-15-13-14-16-20(19)22/h13-16,18H,2-12,17H2,1H3,(H,24,25)/b23-18+. The Morgan fingerprint density at radius 1 is 0.960 bits per heavy atom. The van der Waals surface area contributed by atoms with Crippen LogP contribution in [0.15, 0.2) is 33.8 Å². The fourth-order valence-electron chi connectivity index (χ4n) is 2.76. The zero-order valence-corrected chi connectivity index (χ0v) is 17.2. The average Bonchev–Trinajstić information content (AvgIpc) is 2.61. The van der Waals surface area contributed by atoms with E-state index in [2.05, 4.69) is 33.4 Å². The summed E-state index contributed by atoms with van der Waals surface area (Å²) in [6.07, 6.45) is 16.5. The molecule has 0 bridgehead atoms. The molecule has 1 N–H and O–H groups in total. The lowest BCUT2D eigenvalue weighted by Crippen LogP contribution is -2.16. The van der Waals surface area contributed by atoms with Gasteiger partial charge in [0, 0.05) is 16.5 Å². The number of carbonyl (C=O) groups is 1. The summed E-state index contributed by atoms with van der Waals surface area (Å²) in [4.78, 5) is 11.7. The van der Waals surface area contributed by atoms with Gasteiger partial charge in [0.25, 0.3) is 0 Å². The Hall–Kier alpha value is -1.16. The number of carbonyl (C=O) groups excluding carboxylic acids is 1. The molecular formula is C21H33BrN2O. The highest BCUT2D eigenvalue weighted by Gasteiger charge is 2.00. The number of halogens is 1. The first-order valence-corrected chi connectivity index (χ1v) is 10.6.